The lowest BCUT2D eigenvalue weighted by molar-refractivity contribution is 0.103. The van der Waals surface area contributed by atoms with Crippen LogP contribution in [0.15, 0.2) is 67.0 Å². The lowest BCUT2D eigenvalue weighted by Gasteiger charge is -2.27. The van der Waals surface area contributed by atoms with Gasteiger partial charge in [0.1, 0.15) is 36.5 Å². The SMILES string of the molecule is Cc1c(COc2cc(OCc3cncc(C#N)c3)c(CNC(C)(CO)CO)cc2Cl)cccc1-c1cccc(OCCCN2CCCCC2)c1C. The highest BCUT2D eigenvalue weighted by Gasteiger charge is 2.23. The van der Waals surface area contributed by atoms with E-state index in [1.54, 1.807) is 31.3 Å². The van der Waals surface area contributed by atoms with Crippen LogP contribution in [0.3, 0.4) is 0 Å². The second-order valence-electron chi connectivity index (χ2n) is 13.5. The summed E-state index contributed by atoms with van der Waals surface area (Å²) in [4.78, 5) is 6.67. The Kier molecular flexibility index (Phi) is 13.7. The molecule has 1 saturated heterocycles. The number of aliphatic hydroxyl groups is 2. The number of rotatable bonds is 17. The number of halogens is 1. The van der Waals surface area contributed by atoms with Gasteiger partial charge in [-0.1, -0.05) is 48.4 Å². The van der Waals surface area contributed by atoms with E-state index in [0.29, 0.717) is 34.3 Å². The summed E-state index contributed by atoms with van der Waals surface area (Å²) in [5, 5.41) is 32.5. The molecular weight excluding hydrogens is 664 g/mol. The molecule has 0 amide bonds. The summed E-state index contributed by atoms with van der Waals surface area (Å²) >= 11 is 6.77. The molecule has 1 aliphatic heterocycles. The number of likely N-dealkylation sites (tertiary alicyclic amines) is 1. The Labute approximate surface area is 306 Å². The van der Waals surface area contributed by atoms with Crippen molar-refractivity contribution in [3.8, 4) is 34.4 Å². The number of nitriles is 1. The maximum Gasteiger partial charge on any atom is 0.142 e. The molecule has 4 aromatic rings. The normalized spacial score (nSPS) is 13.5. The van der Waals surface area contributed by atoms with Crippen LogP contribution >= 0.6 is 11.6 Å². The first-order chi connectivity index (χ1) is 24.7. The highest BCUT2D eigenvalue weighted by Crippen LogP contribution is 2.36. The number of benzene rings is 3. The predicted octanol–water partition coefficient (Wildman–Crippen LogP) is 7.14. The van der Waals surface area contributed by atoms with Crippen LogP contribution in [-0.2, 0) is 19.8 Å². The van der Waals surface area contributed by atoms with Crippen molar-refractivity contribution in [2.75, 3.05) is 39.5 Å². The molecule has 0 bridgehead atoms. The molecule has 10 heteroatoms. The van der Waals surface area contributed by atoms with Gasteiger partial charge in [-0.2, -0.15) is 5.26 Å². The van der Waals surface area contributed by atoms with Crippen molar-refractivity contribution in [2.24, 2.45) is 0 Å². The molecule has 1 aromatic heterocycles. The standard InChI is InChI=1S/C41H49ClN4O5/c1-29-33(10-7-11-35(29)36-12-8-13-38(30(36)2)49-17-9-16-46-14-5-4-6-15-46)26-51-40-20-39(50-25-32-18-31(21-43)22-44-23-32)34(19-37(40)42)24-45-41(3,27-47)28-48/h7-8,10-13,18-20,22-23,45,47-48H,4-6,9,14-17,24-28H2,1-3H3. The highest BCUT2D eigenvalue weighted by molar-refractivity contribution is 6.32. The molecule has 1 aliphatic rings. The van der Waals surface area contributed by atoms with Gasteiger partial charge in [0.05, 0.1) is 35.9 Å². The van der Waals surface area contributed by atoms with E-state index in [4.69, 9.17) is 25.8 Å². The fourth-order valence-electron chi connectivity index (χ4n) is 6.22. The molecule has 0 radical (unpaired) electrons. The van der Waals surface area contributed by atoms with Crippen molar-refractivity contribution in [3.05, 3.63) is 105 Å². The number of hydrogen-bond acceptors (Lipinski definition) is 9. The van der Waals surface area contributed by atoms with Gasteiger partial charge in [-0.05, 0) is 99.1 Å². The Hall–Kier alpha value is -4.17. The van der Waals surface area contributed by atoms with Gasteiger partial charge in [-0.3, -0.25) is 4.98 Å². The lowest BCUT2D eigenvalue weighted by atomic mass is 9.93. The fourth-order valence-corrected chi connectivity index (χ4v) is 6.46. The monoisotopic (exact) mass is 712 g/mol. The van der Waals surface area contributed by atoms with Gasteiger partial charge in [0.25, 0.3) is 0 Å². The van der Waals surface area contributed by atoms with Crippen LogP contribution in [0, 0.1) is 25.2 Å². The number of hydrogen-bond donors (Lipinski definition) is 3. The molecule has 0 saturated carbocycles. The maximum atomic E-state index is 9.80. The topological polar surface area (TPSA) is 120 Å². The van der Waals surface area contributed by atoms with Crippen molar-refractivity contribution in [2.45, 2.75) is 71.8 Å². The summed E-state index contributed by atoms with van der Waals surface area (Å²) in [5.41, 5.74) is 6.47. The van der Waals surface area contributed by atoms with Crippen molar-refractivity contribution in [3.63, 3.8) is 0 Å². The highest BCUT2D eigenvalue weighted by atomic mass is 35.5. The zero-order valence-electron chi connectivity index (χ0n) is 29.9. The molecule has 9 nitrogen and oxygen atoms in total. The van der Waals surface area contributed by atoms with Gasteiger partial charge in [0, 0.05) is 42.7 Å². The Morgan fingerprint density at radius 2 is 1.59 bits per heavy atom. The quantitative estimate of drug-likeness (QED) is 0.0982. The number of nitrogens with zero attached hydrogens (tertiary/aromatic N) is 3. The molecular formula is C41H49ClN4O5. The van der Waals surface area contributed by atoms with Crippen LogP contribution in [0.25, 0.3) is 11.1 Å². The Bertz CT molecular complexity index is 1800. The minimum absolute atomic E-state index is 0.162. The number of piperidine rings is 1. The summed E-state index contributed by atoms with van der Waals surface area (Å²) in [6.45, 7) is 10.3. The van der Waals surface area contributed by atoms with Gasteiger partial charge >= 0.3 is 0 Å². The summed E-state index contributed by atoms with van der Waals surface area (Å²) in [5.74, 6) is 1.87. The number of ether oxygens (including phenoxy) is 3. The third-order valence-electron chi connectivity index (χ3n) is 9.57. The number of pyridine rings is 1. The molecule has 1 fully saturated rings. The molecule has 51 heavy (non-hydrogen) atoms. The molecule has 5 rings (SSSR count). The van der Waals surface area contributed by atoms with E-state index in [9.17, 15) is 15.5 Å². The predicted molar refractivity (Wildman–Crippen MR) is 200 cm³/mol. The second kappa shape index (κ2) is 18.4. The summed E-state index contributed by atoms with van der Waals surface area (Å²) in [6, 6.07) is 19.8. The third-order valence-corrected chi connectivity index (χ3v) is 9.86. The molecule has 0 aliphatic carbocycles. The van der Waals surface area contributed by atoms with Crippen LogP contribution < -0.4 is 19.5 Å². The first-order valence-corrected chi connectivity index (χ1v) is 18.0. The lowest BCUT2D eigenvalue weighted by Crippen LogP contribution is -2.48. The first kappa shape index (κ1) is 38.1. The zero-order chi connectivity index (χ0) is 36.2. The van der Waals surface area contributed by atoms with Crippen molar-refractivity contribution in [1.82, 2.24) is 15.2 Å². The number of aromatic nitrogens is 1. The van der Waals surface area contributed by atoms with Crippen molar-refractivity contribution >= 4 is 11.6 Å². The van der Waals surface area contributed by atoms with Crippen LogP contribution in [0.1, 0.15) is 66.0 Å². The average Bonchev–Trinajstić information content (AvgIpc) is 3.16. The molecule has 2 heterocycles. The van der Waals surface area contributed by atoms with Crippen molar-refractivity contribution < 1.29 is 24.4 Å². The first-order valence-electron chi connectivity index (χ1n) is 17.7. The largest absolute Gasteiger partial charge is 0.493 e. The Balaban J connectivity index is 1.31. The number of nitrogens with one attached hydrogen (secondary N) is 1. The molecule has 3 N–H and O–H groups in total. The van der Waals surface area contributed by atoms with E-state index >= 15 is 0 Å². The maximum absolute atomic E-state index is 9.80. The van der Waals surface area contributed by atoms with E-state index in [2.05, 4.69) is 59.4 Å². The summed E-state index contributed by atoms with van der Waals surface area (Å²) < 4.78 is 18.8. The van der Waals surface area contributed by atoms with E-state index in [0.717, 1.165) is 52.1 Å². The van der Waals surface area contributed by atoms with Gasteiger partial charge < -0.3 is 34.6 Å². The van der Waals surface area contributed by atoms with E-state index < -0.39 is 5.54 Å². The van der Waals surface area contributed by atoms with Crippen LogP contribution in [0.5, 0.6) is 17.2 Å². The van der Waals surface area contributed by atoms with Gasteiger partial charge in [0.2, 0.25) is 0 Å². The second-order valence-corrected chi connectivity index (χ2v) is 13.9. The fraction of sp³-hybridized carbons (Fsp3) is 0.415. The minimum Gasteiger partial charge on any atom is -0.493 e. The van der Waals surface area contributed by atoms with Gasteiger partial charge in [0.15, 0.2) is 0 Å². The van der Waals surface area contributed by atoms with E-state index in [1.807, 2.05) is 12.1 Å². The minimum atomic E-state index is -0.899. The molecule has 0 atom stereocenters. The Morgan fingerprint density at radius 3 is 2.33 bits per heavy atom. The van der Waals surface area contributed by atoms with E-state index in [1.165, 1.54) is 38.5 Å². The van der Waals surface area contributed by atoms with Crippen LogP contribution in [0.4, 0.5) is 0 Å². The molecule has 0 spiro atoms. The van der Waals surface area contributed by atoms with Crippen LogP contribution in [0.2, 0.25) is 5.02 Å². The molecule has 3 aromatic carbocycles. The Morgan fingerprint density at radius 1 is 0.863 bits per heavy atom. The van der Waals surface area contributed by atoms with Gasteiger partial charge in [-0.25, -0.2) is 0 Å². The molecule has 270 valence electrons. The zero-order valence-corrected chi connectivity index (χ0v) is 30.6. The number of aliphatic hydroxyl groups excluding tert-OH is 2. The summed E-state index contributed by atoms with van der Waals surface area (Å²) in [7, 11) is 0. The van der Waals surface area contributed by atoms with Gasteiger partial charge in [-0.15, -0.1) is 0 Å². The van der Waals surface area contributed by atoms with Crippen LogP contribution in [-0.4, -0.2) is 65.1 Å². The van der Waals surface area contributed by atoms with Crippen molar-refractivity contribution in [1.29, 1.82) is 5.26 Å². The summed E-state index contributed by atoms with van der Waals surface area (Å²) in [6.07, 6.45) is 8.11. The van der Waals surface area contributed by atoms with E-state index in [-0.39, 0.29) is 33.0 Å². The molecule has 0 unspecified atom stereocenters. The third kappa shape index (κ3) is 10.2. The average molecular weight is 713 g/mol. The smallest absolute Gasteiger partial charge is 0.142 e.